The largest absolute Gasteiger partial charge is 0.506 e. The van der Waals surface area contributed by atoms with Crippen LogP contribution in [-0.4, -0.2) is 27.0 Å². The summed E-state index contributed by atoms with van der Waals surface area (Å²) in [6.07, 6.45) is 5.41. The summed E-state index contributed by atoms with van der Waals surface area (Å²) in [5.74, 6) is -0.687. The van der Waals surface area contributed by atoms with E-state index in [1.54, 1.807) is 54.6 Å². The highest BCUT2D eigenvalue weighted by Crippen LogP contribution is 2.27. The van der Waals surface area contributed by atoms with Gasteiger partial charge in [-0.1, -0.05) is 45.1 Å². The van der Waals surface area contributed by atoms with Gasteiger partial charge in [-0.3, -0.25) is 14.9 Å². The molecule has 0 aliphatic rings. The molecule has 0 aliphatic heterocycles. The topological polar surface area (TPSA) is 177 Å². The smallest absolute Gasteiger partial charge is 0.310 e. The molecule has 3 rings (SSSR count). The SMILES string of the molecule is C.C/C=C/c1ccc([N+](=O)[O-])c(O)c1.CCCc1ccc(NC(=O)c2cccc(N=C(N)N)c2)c(O)c1. The van der Waals surface area contributed by atoms with E-state index in [-0.39, 0.29) is 36.5 Å². The van der Waals surface area contributed by atoms with Gasteiger partial charge in [0.1, 0.15) is 5.75 Å². The summed E-state index contributed by atoms with van der Waals surface area (Å²) in [5.41, 5.74) is 13.4. The molecule has 0 fully saturated rings. The number of nitrogens with one attached hydrogen (secondary N) is 1. The van der Waals surface area contributed by atoms with E-state index in [9.17, 15) is 25.1 Å². The molecule has 0 atom stereocenters. The van der Waals surface area contributed by atoms with Crippen LogP contribution in [0.4, 0.5) is 17.1 Å². The molecule has 0 unspecified atom stereocenters. The maximum atomic E-state index is 12.3. The molecule has 3 aromatic rings. The van der Waals surface area contributed by atoms with Crippen molar-refractivity contribution < 1.29 is 19.9 Å². The number of amides is 1. The van der Waals surface area contributed by atoms with Crippen LogP contribution in [0.15, 0.2) is 71.7 Å². The molecule has 0 aliphatic carbocycles. The van der Waals surface area contributed by atoms with Crippen LogP contribution in [0.25, 0.3) is 6.08 Å². The first kappa shape index (κ1) is 30.2. The Morgan fingerprint density at radius 1 is 1.08 bits per heavy atom. The maximum Gasteiger partial charge on any atom is 0.310 e. The van der Waals surface area contributed by atoms with Crippen LogP contribution in [0.3, 0.4) is 0 Å². The summed E-state index contributed by atoms with van der Waals surface area (Å²) in [5, 5.41) is 32.2. The molecule has 3 aromatic carbocycles. The fourth-order valence-corrected chi connectivity index (χ4v) is 3.18. The van der Waals surface area contributed by atoms with Crippen molar-refractivity contribution in [3.05, 3.63) is 93.5 Å². The maximum absolute atomic E-state index is 12.3. The highest BCUT2D eigenvalue weighted by atomic mass is 16.6. The highest BCUT2D eigenvalue weighted by Gasteiger charge is 2.12. The third-order valence-corrected chi connectivity index (χ3v) is 4.77. The summed E-state index contributed by atoms with van der Waals surface area (Å²) in [6.45, 7) is 3.90. The van der Waals surface area contributed by atoms with Gasteiger partial charge in [0.05, 0.1) is 16.3 Å². The molecular weight excluding hydrogens is 474 g/mol. The number of rotatable bonds is 7. The Labute approximate surface area is 216 Å². The van der Waals surface area contributed by atoms with Gasteiger partial charge in [0.25, 0.3) is 5.91 Å². The molecule has 0 radical (unpaired) electrons. The van der Waals surface area contributed by atoms with E-state index >= 15 is 0 Å². The number of aryl methyl sites for hydroxylation is 1. The minimum atomic E-state index is -0.616. The van der Waals surface area contributed by atoms with Crippen LogP contribution in [0.5, 0.6) is 11.5 Å². The average molecular weight is 508 g/mol. The van der Waals surface area contributed by atoms with Gasteiger partial charge in [-0.15, -0.1) is 0 Å². The number of nitro benzene ring substituents is 1. The summed E-state index contributed by atoms with van der Waals surface area (Å²) in [7, 11) is 0. The Bertz CT molecular complexity index is 1280. The summed E-state index contributed by atoms with van der Waals surface area (Å²) < 4.78 is 0. The predicted octanol–water partition coefficient (Wildman–Crippen LogP) is 5.47. The molecular formula is C27H33N5O5. The van der Waals surface area contributed by atoms with Crippen molar-refractivity contribution in [3.63, 3.8) is 0 Å². The number of nitrogens with zero attached hydrogens (tertiary/aromatic N) is 2. The van der Waals surface area contributed by atoms with Gasteiger partial charge in [-0.2, -0.15) is 0 Å². The van der Waals surface area contributed by atoms with Crippen LogP contribution >= 0.6 is 0 Å². The summed E-state index contributed by atoms with van der Waals surface area (Å²) >= 11 is 0. The van der Waals surface area contributed by atoms with Gasteiger partial charge in [-0.25, -0.2) is 4.99 Å². The lowest BCUT2D eigenvalue weighted by atomic mass is 10.1. The van der Waals surface area contributed by atoms with E-state index in [2.05, 4.69) is 17.2 Å². The number of phenols is 2. The number of guanidine groups is 1. The molecule has 0 heterocycles. The van der Waals surface area contributed by atoms with Gasteiger partial charge < -0.3 is 27.0 Å². The summed E-state index contributed by atoms with van der Waals surface area (Å²) in [4.78, 5) is 25.9. The number of anilines is 1. The van der Waals surface area contributed by atoms with E-state index in [1.165, 1.54) is 12.1 Å². The quantitative estimate of drug-likeness (QED) is 0.0924. The second kappa shape index (κ2) is 14.5. The number of aliphatic imine (C=N–C) groups is 1. The van der Waals surface area contributed by atoms with Gasteiger partial charge in [-0.05, 0) is 66.9 Å². The summed E-state index contributed by atoms with van der Waals surface area (Å²) in [6, 6.07) is 16.0. The van der Waals surface area contributed by atoms with Crippen molar-refractivity contribution in [1.82, 2.24) is 0 Å². The Morgan fingerprint density at radius 3 is 2.38 bits per heavy atom. The molecule has 10 nitrogen and oxygen atoms in total. The second-order valence-electron chi connectivity index (χ2n) is 7.65. The molecule has 7 N–H and O–H groups in total. The van der Waals surface area contributed by atoms with Gasteiger partial charge in [0, 0.05) is 11.6 Å². The van der Waals surface area contributed by atoms with Crippen LogP contribution in [-0.2, 0) is 6.42 Å². The lowest BCUT2D eigenvalue weighted by molar-refractivity contribution is -0.385. The third kappa shape index (κ3) is 9.36. The zero-order valence-corrected chi connectivity index (χ0v) is 20.0. The Hall–Kier alpha value is -4.86. The zero-order chi connectivity index (χ0) is 26.7. The van der Waals surface area contributed by atoms with Crippen molar-refractivity contribution >= 4 is 35.0 Å². The number of benzene rings is 3. The number of allylic oxidation sites excluding steroid dienone is 1. The molecule has 0 spiro atoms. The van der Waals surface area contributed by atoms with E-state index in [0.717, 1.165) is 24.0 Å². The first-order chi connectivity index (χ1) is 17.1. The Balaban J connectivity index is 0.000000417. The van der Waals surface area contributed by atoms with Crippen molar-refractivity contribution in [1.29, 1.82) is 0 Å². The number of hydrogen-bond acceptors (Lipinski definition) is 6. The zero-order valence-electron chi connectivity index (χ0n) is 20.0. The van der Waals surface area contributed by atoms with Crippen LogP contribution in [0.2, 0.25) is 0 Å². The van der Waals surface area contributed by atoms with E-state index < -0.39 is 4.92 Å². The molecule has 0 saturated heterocycles. The van der Waals surface area contributed by atoms with E-state index in [1.807, 2.05) is 13.0 Å². The molecule has 1 amide bonds. The Kier molecular flexibility index (Phi) is 11.8. The standard InChI is InChI=1S/C17H20N4O2.C9H9NO3.CH4/c1-2-4-11-7-8-14(15(22)9-11)21-16(23)12-5-3-6-13(10-12)20-17(18)19;1-2-3-7-4-5-8(10(12)13)9(11)6-7;/h3,5-10,22H,2,4H2,1H3,(H,21,23)(H4,18,19,20);2-6,11H,1H3;1H4/b;3-2+;. The minimum Gasteiger partial charge on any atom is -0.506 e. The number of phenolic OH excluding ortho intramolecular Hbond substituents is 2. The van der Waals surface area contributed by atoms with Crippen LogP contribution in [0.1, 0.15) is 49.2 Å². The third-order valence-electron chi connectivity index (χ3n) is 4.77. The number of carbonyl (C=O) groups excluding carboxylic acids is 1. The average Bonchev–Trinajstić information content (AvgIpc) is 2.81. The van der Waals surface area contributed by atoms with Crippen molar-refractivity contribution in [2.45, 2.75) is 34.1 Å². The van der Waals surface area contributed by atoms with Gasteiger partial charge in [0.15, 0.2) is 11.7 Å². The molecule has 37 heavy (non-hydrogen) atoms. The Morgan fingerprint density at radius 2 is 1.81 bits per heavy atom. The normalized spacial score (nSPS) is 10.0. The molecule has 196 valence electrons. The van der Waals surface area contributed by atoms with Crippen molar-refractivity contribution in [3.8, 4) is 11.5 Å². The first-order valence-electron chi connectivity index (χ1n) is 11.1. The number of carbonyl (C=O) groups is 1. The molecule has 10 heteroatoms. The van der Waals surface area contributed by atoms with Crippen LogP contribution in [0, 0.1) is 10.1 Å². The molecule has 0 saturated carbocycles. The van der Waals surface area contributed by atoms with E-state index in [0.29, 0.717) is 16.9 Å². The lowest BCUT2D eigenvalue weighted by Crippen LogP contribution is -2.21. The van der Waals surface area contributed by atoms with E-state index in [4.69, 9.17) is 11.5 Å². The molecule has 0 bridgehead atoms. The number of nitrogens with two attached hydrogens (primary N) is 2. The minimum absolute atomic E-state index is 0. The highest BCUT2D eigenvalue weighted by molar-refractivity contribution is 6.05. The number of nitro groups is 1. The lowest BCUT2D eigenvalue weighted by Gasteiger charge is -2.09. The predicted molar refractivity (Wildman–Crippen MR) is 148 cm³/mol. The van der Waals surface area contributed by atoms with Crippen LogP contribution < -0.4 is 16.8 Å². The fourth-order valence-electron chi connectivity index (χ4n) is 3.18. The monoisotopic (exact) mass is 507 g/mol. The number of aromatic hydroxyl groups is 2. The second-order valence-corrected chi connectivity index (χ2v) is 7.65. The van der Waals surface area contributed by atoms with Crippen molar-refractivity contribution in [2.24, 2.45) is 16.5 Å². The fraction of sp³-hybridized carbons (Fsp3) is 0.185. The van der Waals surface area contributed by atoms with Gasteiger partial charge in [0.2, 0.25) is 0 Å². The molecule has 0 aromatic heterocycles. The van der Waals surface area contributed by atoms with Gasteiger partial charge >= 0.3 is 5.69 Å². The first-order valence-corrected chi connectivity index (χ1v) is 11.1. The number of hydrogen-bond donors (Lipinski definition) is 5. The van der Waals surface area contributed by atoms with Crippen molar-refractivity contribution in [2.75, 3.05) is 5.32 Å².